The number of benzene rings is 1. The molecule has 0 spiro atoms. The fraction of sp³-hybridized carbons (Fsp3) is 0.300. The molecule has 0 aliphatic rings. The summed E-state index contributed by atoms with van der Waals surface area (Å²) in [6, 6.07) is 3.82. The third kappa shape index (κ3) is 3.14. The van der Waals surface area contributed by atoms with Crippen LogP contribution < -0.4 is 0 Å². The average Bonchev–Trinajstić information content (AvgIpc) is 2.28. The molecule has 0 aromatic heterocycles. The van der Waals surface area contributed by atoms with Crippen molar-refractivity contribution >= 4 is 39.0 Å². The maximum atomic E-state index is 12.1. The van der Waals surface area contributed by atoms with Gasteiger partial charge in [0, 0.05) is 12.1 Å². The summed E-state index contributed by atoms with van der Waals surface area (Å²) in [5.41, 5.74) is 0. The van der Waals surface area contributed by atoms with Crippen molar-refractivity contribution in [3.05, 3.63) is 28.2 Å². The fourth-order valence-electron chi connectivity index (χ4n) is 1.29. The molecule has 18 heavy (non-hydrogen) atoms. The van der Waals surface area contributed by atoms with Gasteiger partial charge in [0.25, 0.3) is 0 Å². The molecule has 0 saturated carbocycles. The summed E-state index contributed by atoms with van der Waals surface area (Å²) in [6.07, 6.45) is 0. The molecule has 0 aliphatic carbocycles. The van der Waals surface area contributed by atoms with Crippen molar-refractivity contribution in [3.8, 4) is 0 Å². The number of hydrogen-bond acceptors (Lipinski definition) is 4. The van der Waals surface area contributed by atoms with Crippen LogP contribution in [0.1, 0.15) is 0 Å². The number of carbonyl (C=O) groups is 1. The number of methoxy groups -OCH3 is 1. The van der Waals surface area contributed by atoms with Gasteiger partial charge < -0.3 is 9.84 Å². The summed E-state index contributed by atoms with van der Waals surface area (Å²) in [5, 5.41) is 7.27. The third-order valence-electron chi connectivity index (χ3n) is 2.17. The molecule has 5 nitrogen and oxygen atoms in total. The Labute approximate surface area is 114 Å². The Morgan fingerprint density at radius 1 is 1.44 bits per heavy atom. The monoisotopic (exact) mass is 312 g/mol. The summed E-state index contributed by atoms with van der Waals surface area (Å²) >= 11 is 11.4. The van der Waals surface area contributed by atoms with E-state index in [4.69, 9.17) is 28.3 Å². The Hall–Kier alpha value is -0.820. The molecular formula is C10H10Cl2O5S. The quantitative estimate of drug-likeness (QED) is 0.897. The first-order chi connectivity index (χ1) is 8.30. The predicted octanol–water partition coefficient (Wildman–Crippen LogP) is 1.87. The van der Waals surface area contributed by atoms with Gasteiger partial charge >= 0.3 is 5.97 Å². The summed E-state index contributed by atoms with van der Waals surface area (Å²) in [6.45, 7) is -0.472. The molecule has 0 fully saturated rings. The van der Waals surface area contributed by atoms with Crippen LogP contribution in [0.2, 0.25) is 10.0 Å². The number of rotatable bonds is 5. The van der Waals surface area contributed by atoms with Crippen LogP contribution in [0, 0.1) is 0 Å². The molecule has 1 atom stereocenters. The van der Waals surface area contributed by atoms with Gasteiger partial charge in [0.05, 0.1) is 16.5 Å². The minimum Gasteiger partial charge on any atom is -0.480 e. The lowest BCUT2D eigenvalue weighted by Crippen LogP contribution is -2.34. The molecule has 0 amide bonds. The van der Waals surface area contributed by atoms with Crippen molar-refractivity contribution in [2.45, 2.75) is 10.1 Å². The van der Waals surface area contributed by atoms with Gasteiger partial charge in [0.2, 0.25) is 0 Å². The first kappa shape index (κ1) is 15.2. The molecular weight excluding hydrogens is 303 g/mol. The van der Waals surface area contributed by atoms with Gasteiger partial charge in [0.1, 0.15) is 0 Å². The second-order valence-corrected chi connectivity index (χ2v) is 6.34. The van der Waals surface area contributed by atoms with Crippen molar-refractivity contribution in [3.63, 3.8) is 0 Å². The van der Waals surface area contributed by atoms with Crippen LogP contribution in [-0.4, -0.2) is 38.5 Å². The van der Waals surface area contributed by atoms with Gasteiger partial charge in [-0.2, -0.15) is 0 Å². The SMILES string of the molecule is COCC(C(=O)O)S(=O)(=O)c1cc(Cl)ccc1Cl. The van der Waals surface area contributed by atoms with Crippen LogP contribution in [0.15, 0.2) is 23.1 Å². The maximum Gasteiger partial charge on any atom is 0.324 e. The van der Waals surface area contributed by atoms with E-state index in [0.29, 0.717) is 0 Å². The number of sulfone groups is 1. The van der Waals surface area contributed by atoms with Crippen LogP contribution in [0.3, 0.4) is 0 Å². The molecule has 0 bridgehead atoms. The van der Waals surface area contributed by atoms with Gasteiger partial charge in [-0.15, -0.1) is 0 Å². The highest BCUT2D eigenvalue weighted by Gasteiger charge is 2.35. The Morgan fingerprint density at radius 3 is 2.56 bits per heavy atom. The standard InChI is InChI=1S/C10H10Cl2O5S/c1-17-5-9(10(13)14)18(15,16)8-4-6(11)2-3-7(8)12/h2-4,9H,5H2,1H3,(H,13,14). The highest BCUT2D eigenvalue weighted by Crippen LogP contribution is 2.28. The molecule has 0 heterocycles. The summed E-state index contributed by atoms with van der Waals surface area (Å²) in [5.74, 6) is -1.51. The van der Waals surface area contributed by atoms with E-state index in [0.717, 1.165) is 6.07 Å². The molecule has 1 aromatic carbocycles. The molecule has 1 unspecified atom stereocenters. The van der Waals surface area contributed by atoms with Crippen molar-refractivity contribution in [2.24, 2.45) is 0 Å². The minimum absolute atomic E-state index is 0.0817. The Kier molecular flexibility index (Phi) is 4.98. The Balaban J connectivity index is 3.35. The highest BCUT2D eigenvalue weighted by atomic mass is 35.5. The van der Waals surface area contributed by atoms with Crippen molar-refractivity contribution < 1.29 is 23.1 Å². The van der Waals surface area contributed by atoms with Crippen molar-refractivity contribution in [1.29, 1.82) is 0 Å². The maximum absolute atomic E-state index is 12.1. The zero-order valence-electron chi connectivity index (χ0n) is 9.26. The summed E-state index contributed by atoms with van der Waals surface area (Å²) in [7, 11) is -2.94. The van der Waals surface area contributed by atoms with Crippen LogP contribution in [0.4, 0.5) is 0 Å². The van der Waals surface area contributed by atoms with E-state index in [1.54, 1.807) is 0 Å². The second-order valence-electron chi connectivity index (χ2n) is 3.40. The molecule has 1 aromatic rings. The smallest absolute Gasteiger partial charge is 0.324 e. The third-order valence-corrected chi connectivity index (χ3v) is 4.88. The van der Waals surface area contributed by atoms with Gasteiger partial charge in [-0.25, -0.2) is 8.42 Å². The van der Waals surface area contributed by atoms with Crippen LogP contribution in [-0.2, 0) is 19.4 Å². The summed E-state index contributed by atoms with van der Waals surface area (Å²) < 4.78 is 28.9. The van der Waals surface area contributed by atoms with E-state index in [1.807, 2.05) is 0 Å². The topological polar surface area (TPSA) is 80.7 Å². The van der Waals surface area contributed by atoms with Gasteiger partial charge in [-0.1, -0.05) is 23.2 Å². The Bertz CT molecular complexity index is 555. The van der Waals surface area contributed by atoms with E-state index in [-0.39, 0.29) is 14.9 Å². The molecule has 8 heteroatoms. The number of aliphatic carboxylic acids is 1. The lowest BCUT2D eigenvalue weighted by molar-refractivity contribution is -0.137. The van der Waals surface area contributed by atoms with Crippen molar-refractivity contribution in [1.82, 2.24) is 0 Å². The lowest BCUT2D eigenvalue weighted by Gasteiger charge is -2.13. The second kappa shape index (κ2) is 5.88. The number of hydrogen-bond donors (Lipinski definition) is 1. The highest BCUT2D eigenvalue weighted by molar-refractivity contribution is 7.93. The normalized spacial score (nSPS) is 13.3. The van der Waals surface area contributed by atoms with Crippen LogP contribution >= 0.6 is 23.2 Å². The molecule has 0 aliphatic heterocycles. The minimum atomic E-state index is -4.16. The number of carboxylic acid groups (broad SMARTS) is 1. The molecule has 1 rings (SSSR count). The number of ether oxygens (including phenoxy) is 1. The van der Waals surface area contributed by atoms with Crippen LogP contribution in [0.25, 0.3) is 0 Å². The average molecular weight is 313 g/mol. The van der Waals surface area contributed by atoms with E-state index in [1.165, 1.54) is 19.2 Å². The molecule has 100 valence electrons. The fourth-order valence-corrected chi connectivity index (χ4v) is 3.49. The van der Waals surface area contributed by atoms with Gasteiger partial charge in [0.15, 0.2) is 15.1 Å². The zero-order chi connectivity index (χ0) is 13.9. The van der Waals surface area contributed by atoms with Crippen molar-refractivity contribution in [2.75, 3.05) is 13.7 Å². The lowest BCUT2D eigenvalue weighted by atomic mass is 10.4. The first-order valence-corrected chi connectivity index (χ1v) is 7.01. The predicted molar refractivity (Wildman–Crippen MR) is 66.9 cm³/mol. The summed E-state index contributed by atoms with van der Waals surface area (Å²) in [4.78, 5) is 10.7. The molecule has 1 N–H and O–H groups in total. The molecule has 0 radical (unpaired) electrons. The van der Waals surface area contributed by atoms with Crippen LogP contribution in [0.5, 0.6) is 0 Å². The zero-order valence-corrected chi connectivity index (χ0v) is 11.6. The van der Waals surface area contributed by atoms with E-state index < -0.39 is 27.7 Å². The van der Waals surface area contributed by atoms with Gasteiger partial charge in [-0.3, -0.25) is 4.79 Å². The molecule has 0 saturated heterocycles. The van der Waals surface area contributed by atoms with E-state index in [2.05, 4.69) is 4.74 Å². The Morgan fingerprint density at radius 2 is 2.06 bits per heavy atom. The van der Waals surface area contributed by atoms with Gasteiger partial charge in [-0.05, 0) is 18.2 Å². The number of halogens is 2. The van der Waals surface area contributed by atoms with E-state index in [9.17, 15) is 13.2 Å². The largest absolute Gasteiger partial charge is 0.480 e. The number of carboxylic acids is 1. The first-order valence-electron chi connectivity index (χ1n) is 4.71. The van der Waals surface area contributed by atoms with E-state index >= 15 is 0 Å².